The zero-order valence-corrected chi connectivity index (χ0v) is 11.8. The molecule has 2 rings (SSSR count). The summed E-state index contributed by atoms with van der Waals surface area (Å²) in [7, 11) is 0. The summed E-state index contributed by atoms with van der Waals surface area (Å²) in [5.74, 6) is -0.159. The summed E-state index contributed by atoms with van der Waals surface area (Å²) in [4.78, 5) is 14.2. The highest BCUT2D eigenvalue weighted by Gasteiger charge is 2.52. The molecule has 3 heteroatoms. The number of benzene rings is 1. The molecule has 0 bridgehead atoms. The largest absolute Gasteiger partial charge is 0.459 e. The van der Waals surface area contributed by atoms with E-state index in [1.807, 2.05) is 45.0 Å². The molecule has 102 valence electrons. The Balaban J connectivity index is 1.99. The summed E-state index contributed by atoms with van der Waals surface area (Å²) in [6.07, 6.45) is 1.82. The molecule has 0 aromatic heterocycles. The molecular formula is C16H21NO2. The first-order chi connectivity index (χ1) is 8.92. The Kier molecular flexibility index (Phi) is 3.76. The third-order valence-corrected chi connectivity index (χ3v) is 3.07. The maximum atomic E-state index is 12.1. The van der Waals surface area contributed by atoms with Gasteiger partial charge in [-0.3, -0.25) is 9.69 Å². The van der Waals surface area contributed by atoms with E-state index >= 15 is 0 Å². The summed E-state index contributed by atoms with van der Waals surface area (Å²) in [5, 5.41) is 0. The number of hydrogen-bond donors (Lipinski definition) is 0. The van der Waals surface area contributed by atoms with E-state index in [0.717, 1.165) is 6.54 Å². The summed E-state index contributed by atoms with van der Waals surface area (Å²) in [6.45, 7) is 10.2. The van der Waals surface area contributed by atoms with E-state index in [2.05, 4.69) is 23.6 Å². The lowest BCUT2D eigenvalue weighted by atomic mass is 10.2. The molecule has 0 amide bonds. The number of nitrogens with zero attached hydrogens (tertiary/aromatic N) is 1. The molecule has 1 aromatic carbocycles. The first-order valence-electron chi connectivity index (χ1n) is 6.57. The summed E-state index contributed by atoms with van der Waals surface area (Å²) in [6, 6.07) is 10.0. The summed E-state index contributed by atoms with van der Waals surface area (Å²) < 4.78 is 5.43. The van der Waals surface area contributed by atoms with Crippen molar-refractivity contribution in [3.63, 3.8) is 0 Å². The Morgan fingerprint density at radius 2 is 2.00 bits per heavy atom. The van der Waals surface area contributed by atoms with Crippen molar-refractivity contribution in [2.45, 2.75) is 45.0 Å². The Morgan fingerprint density at radius 3 is 2.53 bits per heavy atom. The molecule has 3 atom stereocenters. The first-order valence-corrected chi connectivity index (χ1v) is 6.57. The van der Waals surface area contributed by atoms with Crippen LogP contribution in [0.4, 0.5) is 0 Å². The number of carbonyl (C=O) groups is 1. The van der Waals surface area contributed by atoms with Crippen LogP contribution in [-0.2, 0) is 16.1 Å². The molecule has 0 N–H and O–H groups in total. The summed E-state index contributed by atoms with van der Waals surface area (Å²) >= 11 is 0. The van der Waals surface area contributed by atoms with Crippen LogP contribution in [0.15, 0.2) is 43.0 Å². The zero-order valence-electron chi connectivity index (χ0n) is 11.8. The fraction of sp³-hybridized carbons (Fsp3) is 0.438. The Bertz CT molecular complexity index is 461. The van der Waals surface area contributed by atoms with Crippen molar-refractivity contribution in [1.82, 2.24) is 4.90 Å². The van der Waals surface area contributed by atoms with Gasteiger partial charge in [0.1, 0.15) is 11.6 Å². The molecule has 1 aromatic rings. The minimum atomic E-state index is -0.441. The van der Waals surface area contributed by atoms with Crippen LogP contribution in [0.2, 0.25) is 0 Å². The van der Waals surface area contributed by atoms with Crippen molar-refractivity contribution in [2.75, 3.05) is 0 Å². The molecule has 3 nitrogen and oxygen atoms in total. The summed E-state index contributed by atoms with van der Waals surface area (Å²) in [5.41, 5.74) is 0.754. The third-order valence-electron chi connectivity index (χ3n) is 3.07. The molecule has 0 aliphatic carbocycles. The SMILES string of the molecule is C=C[C@@H]1[C@H](C(=O)OC(C)(C)C)N1Cc1ccccc1. The van der Waals surface area contributed by atoms with Gasteiger partial charge in [-0.1, -0.05) is 36.4 Å². The second kappa shape index (κ2) is 5.17. The molecule has 1 heterocycles. The number of rotatable bonds is 4. The van der Waals surface area contributed by atoms with Gasteiger partial charge in [0.05, 0.1) is 6.04 Å². The smallest absolute Gasteiger partial charge is 0.325 e. The third kappa shape index (κ3) is 3.44. The van der Waals surface area contributed by atoms with Crippen molar-refractivity contribution in [2.24, 2.45) is 0 Å². The zero-order chi connectivity index (χ0) is 14.0. The highest BCUT2D eigenvalue weighted by molar-refractivity contribution is 5.81. The predicted octanol–water partition coefficient (Wildman–Crippen LogP) is 2.77. The van der Waals surface area contributed by atoms with E-state index < -0.39 is 5.60 Å². The van der Waals surface area contributed by atoms with Crippen LogP contribution in [0.3, 0.4) is 0 Å². The number of hydrogen-bond acceptors (Lipinski definition) is 3. The quantitative estimate of drug-likeness (QED) is 0.473. The van der Waals surface area contributed by atoms with E-state index in [4.69, 9.17) is 4.74 Å². The molecule has 1 aliphatic heterocycles. The maximum Gasteiger partial charge on any atom is 0.325 e. The minimum absolute atomic E-state index is 0.0926. The van der Waals surface area contributed by atoms with Crippen LogP contribution < -0.4 is 0 Å². The highest BCUT2D eigenvalue weighted by Crippen LogP contribution is 2.33. The van der Waals surface area contributed by atoms with Crippen molar-refractivity contribution >= 4 is 5.97 Å². The van der Waals surface area contributed by atoms with Gasteiger partial charge in [-0.05, 0) is 26.3 Å². The molecule has 19 heavy (non-hydrogen) atoms. The maximum absolute atomic E-state index is 12.1. The molecule has 1 saturated heterocycles. The lowest BCUT2D eigenvalue weighted by Crippen LogP contribution is -2.28. The Labute approximate surface area is 114 Å². The fourth-order valence-electron chi connectivity index (χ4n) is 2.20. The van der Waals surface area contributed by atoms with Gasteiger partial charge in [-0.2, -0.15) is 0 Å². The second-order valence-corrected chi connectivity index (χ2v) is 5.86. The normalized spacial score (nSPS) is 25.7. The van der Waals surface area contributed by atoms with E-state index in [1.54, 1.807) is 0 Å². The lowest BCUT2D eigenvalue weighted by molar-refractivity contribution is -0.155. The highest BCUT2D eigenvalue weighted by atomic mass is 16.6. The Hall–Kier alpha value is -1.61. The van der Waals surface area contributed by atoms with Crippen LogP contribution in [0, 0.1) is 0 Å². The van der Waals surface area contributed by atoms with Gasteiger partial charge >= 0.3 is 5.97 Å². The van der Waals surface area contributed by atoms with E-state index in [1.165, 1.54) is 5.56 Å². The number of esters is 1. The van der Waals surface area contributed by atoms with Crippen molar-refractivity contribution in [3.8, 4) is 0 Å². The van der Waals surface area contributed by atoms with Gasteiger partial charge in [0.2, 0.25) is 0 Å². The van der Waals surface area contributed by atoms with Gasteiger partial charge < -0.3 is 4.74 Å². The van der Waals surface area contributed by atoms with Crippen molar-refractivity contribution in [1.29, 1.82) is 0 Å². The van der Waals surface area contributed by atoms with E-state index in [9.17, 15) is 4.79 Å². The van der Waals surface area contributed by atoms with Crippen molar-refractivity contribution < 1.29 is 9.53 Å². The molecule has 0 saturated carbocycles. The van der Waals surface area contributed by atoms with Gasteiger partial charge in [-0.25, -0.2) is 0 Å². The standard InChI is InChI=1S/C16H21NO2/c1-5-13-14(15(18)19-16(2,3)4)17(13)11-12-9-7-6-8-10-12/h5-10,13-14H,1,11H2,2-4H3/t13-,14-,17?/m1/s1. The average Bonchev–Trinajstić information content (AvgIpc) is 3.01. The fourth-order valence-corrected chi connectivity index (χ4v) is 2.20. The van der Waals surface area contributed by atoms with Gasteiger partial charge in [0, 0.05) is 6.54 Å². The van der Waals surface area contributed by atoms with Gasteiger partial charge in [0.25, 0.3) is 0 Å². The van der Waals surface area contributed by atoms with Crippen LogP contribution in [0.5, 0.6) is 0 Å². The molecule has 0 spiro atoms. The lowest BCUT2D eigenvalue weighted by Gasteiger charge is -2.19. The minimum Gasteiger partial charge on any atom is -0.459 e. The van der Waals surface area contributed by atoms with Crippen LogP contribution in [-0.4, -0.2) is 28.6 Å². The molecule has 1 aliphatic rings. The topological polar surface area (TPSA) is 29.3 Å². The number of carbonyl (C=O) groups excluding carboxylic acids is 1. The Morgan fingerprint density at radius 1 is 1.37 bits per heavy atom. The van der Waals surface area contributed by atoms with E-state index in [-0.39, 0.29) is 18.1 Å². The number of ether oxygens (including phenoxy) is 1. The molecule has 1 unspecified atom stereocenters. The van der Waals surface area contributed by atoms with E-state index in [0.29, 0.717) is 0 Å². The van der Waals surface area contributed by atoms with Crippen LogP contribution in [0.25, 0.3) is 0 Å². The van der Waals surface area contributed by atoms with Crippen LogP contribution in [0.1, 0.15) is 26.3 Å². The van der Waals surface area contributed by atoms with Gasteiger partial charge in [0.15, 0.2) is 0 Å². The molecule has 0 radical (unpaired) electrons. The average molecular weight is 259 g/mol. The molecule has 1 fully saturated rings. The van der Waals surface area contributed by atoms with Crippen molar-refractivity contribution in [3.05, 3.63) is 48.6 Å². The molecular weight excluding hydrogens is 238 g/mol. The predicted molar refractivity (Wildman–Crippen MR) is 75.6 cm³/mol. The monoisotopic (exact) mass is 259 g/mol. The van der Waals surface area contributed by atoms with Crippen LogP contribution >= 0.6 is 0 Å². The first kappa shape index (κ1) is 13.8. The second-order valence-electron chi connectivity index (χ2n) is 5.86. The van der Waals surface area contributed by atoms with Gasteiger partial charge in [-0.15, -0.1) is 6.58 Å².